The number of hydrogen-bond donors (Lipinski definition) is 0. The summed E-state index contributed by atoms with van der Waals surface area (Å²) >= 11 is 0. The van der Waals surface area contributed by atoms with Crippen LogP contribution in [0.3, 0.4) is 0 Å². The average Bonchev–Trinajstić information content (AvgIpc) is 2.72. The summed E-state index contributed by atoms with van der Waals surface area (Å²) in [5.41, 5.74) is 3.88. The zero-order chi connectivity index (χ0) is 14.5. The van der Waals surface area contributed by atoms with Crippen LogP contribution in [0.5, 0.6) is 0 Å². The first-order chi connectivity index (χ1) is 8.55. The maximum absolute atomic E-state index is 12.5. The van der Waals surface area contributed by atoms with Crippen LogP contribution in [0.2, 0.25) is 19.6 Å². The van der Waals surface area contributed by atoms with Gasteiger partial charge < -0.3 is 0 Å². The molecular formula is C17H28OSi. The highest BCUT2D eigenvalue weighted by Gasteiger charge is 2.54. The van der Waals surface area contributed by atoms with Crippen LogP contribution < -0.4 is 0 Å². The van der Waals surface area contributed by atoms with Gasteiger partial charge in [0.2, 0.25) is 0 Å². The van der Waals surface area contributed by atoms with Crippen LogP contribution in [0.4, 0.5) is 0 Å². The largest absolute Gasteiger partial charge is 0.290 e. The van der Waals surface area contributed by atoms with Gasteiger partial charge in [-0.05, 0) is 47.7 Å². The second-order valence-electron chi connectivity index (χ2n) is 8.50. The maximum Gasteiger partial charge on any atom is 0.181 e. The molecule has 0 radical (unpaired) electrons. The topological polar surface area (TPSA) is 17.1 Å². The predicted octanol–water partition coefficient (Wildman–Crippen LogP) is 4.76. The van der Waals surface area contributed by atoms with Gasteiger partial charge in [0.25, 0.3) is 0 Å². The third kappa shape index (κ3) is 2.79. The number of ketones is 1. The Morgan fingerprint density at radius 3 is 2.47 bits per heavy atom. The maximum atomic E-state index is 12.5. The number of carbonyl (C=O) groups excluding carboxylic acids is 1. The highest BCUT2D eigenvalue weighted by Crippen LogP contribution is 2.61. The Morgan fingerprint density at radius 1 is 1.26 bits per heavy atom. The monoisotopic (exact) mass is 276 g/mol. The lowest BCUT2D eigenvalue weighted by atomic mass is 9.70. The minimum absolute atomic E-state index is 0.270. The van der Waals surface area contributed by atoms with E-state index < -0.39 is 8.07 Å². The molecule has 0 aromatic rings. The Kier molecular flexibility index (Phi) is 3.45. The summed E-state index contributed by atoms with van der Waals surface area (Å²) in [6.07, 6.45) is 7.68. The summed E-state index contributed by atoms with van der Waals surface area (Å²) < 4.78 is 0. The standard InChI is InChI=1S/C17H28OSi/c1-16(2)10-11-17(3)9-7-13(15(16)17)14(18)8-12-19(4,5)6/h7-8,12,15H,9-11H2,1-6H3/b12-8+. The fourth-order valence-corrected chi connectivity index (χ4v) is 4.63. The molecule has 0 aliphatic heterocycles. The molecule has 0 amide bonds. The van der Waals surface area contributed by atoms with Gasteiger partial charge in [-0.3, -0.25) is 4.79 Å². The van der Waals surface area contributed by atoms with Crippen molar-refractivity contribution in [2.45, 2.75) is 59.7 Å². The molecule has 2 aliphatic rings. The second kappa shape index (κ2) is 4.44. The number of hydrogen-bond acceptors (Lipinski definition) is 1. The number of carbonyl (C=O) groups is 1. The lowest BCUT2D eigenvalue weighted by Gasteiger charge is -2.33. The molecule has 1 nitrogen and oxygen atoms in total. The minimum atomic E-state index is -1.29. The van der Waals surface area contributed by atoms with Gasteiger partial charge in [0, 0.05) is 0 Å². The van der Waals surface area contributed by atoms with E-state index in [1.54, 1.807) is 0 Å². The Morgan fingerprint density at radius 2 is 1.89 bits per heavy atom. The fourth-order valence-electron chi connectivity index (χ4n) is 3.98. The van der Waals surface area contributed by atoms with Gasteiger partial charge in [-0.15, -0.1) is 0 Å². The molecule has 0 aromatic heterocycles. The van der Waals surface area contributed by atoms with Crippen molar-refractivity contribution in [3.8, 4) is 0 Å². The van der Waals surface area contributed by atoms with Gasteiger partial charge in [0.05, 0.1) is 8.07 Å². The summed E-state index contributed by atoms with van der Waals surface area (Å²) in [5, 5.41) is 0. The van der Waals surface area contributed by atoms with E-state index in [-0.39, 0.29) is 11.2 Å². The zero-order valence-corrected chi connectivity index (χ0v) is 14.3. The summed E-state index contributed by atoms with van der Waals surface area (Å²) in [6, 6.07) is 0. The SMILES string of the molecule is CC1(C)CCC2(C)CC=C(C(=O)/C=C/[Si](C)(C)C)C12. The Balaban J connectivity index is 2.23. The van der Waals surface area contributed by atoms with Crippen molar-refractivity contribution in [3.05, 3.63) is 23.4 Å². The van der Waals surface area contributed by atoms with Gasteiger partial charge in [-0.2, -0.15) is 0 Å². The fraction of sp³-hybridized carbons (Fsp3) is 0.706. The van der Waals surface area contributed by atoms with Crippen LogP contribution in [0, 0.1) is 16.7 Å². The highest BCUT2D eigenvalue weighted by atomic mass is 28.3. The van der Waals surface area contributed by atoms with Crippen molar-refractivity contribution in [3.63, 3.8) is 0 Å². The molecule has 2 aliphatic carbocycles. The van der Waals surface area contributed by atoms with Crippen molar-refractivity contribution in [1.29, 1.82) is 0 Å². The van der Waals surface area contributed by atoms with E-state index in [4.69, 9.17) is 0 Å². The van der Waals surface area contributed by atoms with Crippen molar-refractivity contribution >= 4 is 13.9 Å². The first-order valence-corrected chi connectivity index (χ1v) is 11.1. The lowest BCUT2D eigenvalue weighted by molar-refractivity contribution is -0.112. The Bertz CT molecular complexity index is 450. The summed E-state index contributed by atoms with van der Waals surface area (Å²) in [7, 11) is -1.29. The van der Waals surface area contributed by atoms with Crippen LogP contribution >= 0.6 is 0 Å². The minimum Gasteiger partial charge on any atom is -0.290 e. The first kappa shape index (κ1) is 14.8. The van der Waals surface area contributed by atoms with E-state index in [2.05, 4.69) is 52.2 Å². The molecule has 0 N–H and O–H groups in total. The van der Waals surface area contributed by atoms with Crippen molar-refractivity contribution in [2.75, 3.05) is 0 Å². The predicted molar refractivity (Wildman–Crippen MR) is 84.8 cm³/mol. The smallest absolute Gasteiger partial charge is 0.181 e. The van der Waals surface area contributed by atoms with Crippen LogP contribution in [0.25, 0.3) is 0 Å². The van der Waals surface area contributed by atoms with Gasteiger partial charge in [-0.1, -0.05) is 52.2 Å². The molecule has 0 heterocycles. The molecule has 0 spiro atoms. The Labute approximate surface area is 119 Å². The quantitative estimate of drug-likeness (QED) is 0.536. The molecule has 1 fully saturated rings. The zero-order valence-electron chi connectivity index (χ0n) is 13.3. The Hall–Kier alpha value is -0.633. The molecule has 0 bridgehead atoms. The molecule has 2 heteroatoms. The van der Waals surface area contributed by atoms with Crippen LogP contribution in [0.15, 0.2) is 23.4 Å². The average molecular weight is 276 g/mol. The van der Waals surface area contributed by atoms with Crippen molar-refractivity contribution in [2.24, 2.45) is 16.7 Å². The third-order valence-corrected chi connectivity index (χ3v) is 6.10. The third-order valence-electron chi connectivity index (χ3n) is 4.94. The van der Waals surface area contributed by atoms with Gasteiger partial charge in [-0.25, -0.2) is 0 Å². The first-order valence-electron chi connectivity index (χ1n) is 7.49. The lowest BCUT2D eigenvalue weighted by Crippen LogP contribution is -2.29. The summed E-state index contributed by atoms with van der Waals surface area (Å²) in [5.74, 6) is 0.727. The summed E-state index contributed by atoms with van der Waals surface area (Å²) in [4.78, 5) is 12.5. The van der Waals surface area contributed by atoms with Crippen molar-refractivity contribution < 1.29 is 4.79 Å². The van der Waals surface area contributed by atoms with E-state index in [9.17, 15) is 4.79 Å². The normalized spacial score (nSPS) is 33.6. The van der Waals surface area contributed by atoms with Crippen LogP contribution in [-0.4, -0.2) is 13.9 Å². The van der Waals surface area contributed by atoms with Gasteiger partial charge in [0.15, 0.2) is 5.78 Å². The van der Waals surface area contributed by atoms with Gasteiger partial charge >= 0.3 is 0 Å². The molecule has 1 saturated carbocycles. The van der Waals surface area contributed by atoms with E-state index >= 15 is 0 Å². The highest BCUT2D eigenvalue weighted by molar-refractivity contribution is 6.81. The molecule has 19 heavy (non-hydrogen) atoms. The summed E-state index contributed by atoms with van der Waals surface area (Å²) in [6.45, 7) is 13.8. The van der Waals surface area contributed by atoms with Crippen molar-refractivity contribution in [1.82, 2.24) is 0 Å². The molecule has 2 rings (SSSR count). The van der Waals surface area contributed by atoms with E-state index in [0.29, 0.717) is 11.3 Å². The van der Waals surface area contributed by atoms with E-state index in [0.717, 1.165) is 12.0 Å². The van der Waals surface area contributed by atoms with E-state index in [1.165, 1.54) is 12.8 Å². The number of allylic oxidation sites excluding steroid dienone is 3. The number of rotatable bonds is 3. The van der Waals surface area contributed by atoms with Crippen LogP contribution in [-0.2, 0) is 4.79 Å². The molecule has 2 unspecified atom stereocenters. The molecule has 0 saturated heterocycles. The molecule has 0 aromatic carbocycles. The number of fused-ring (bicyclic) bond motifs is 1. The van der Waals surface area contributed by atoms with E-state index in [1.807, 2.05) is 6.08 Å². The molecular weight excluding hydrogens is 248 g/mol. The molecule has 106 valence electrons. The molecule has 2 atom stereocenters. The van der Waals surface area contributed by atoms with Gasteiger partial charge in [0.1, 0.15) is 0 Å². The second-order valence-corrected chi connectivity index (χ2v) is 13.6. The van der Waals surface area contributed by atoms with Crippen LogP contribution in [0.1, 0.15) is 40.0 Å².